The van der Waals surface area contributed by atoms with Crippen molar-refractivity contribution in [2.24, 2.45) is 13.0 Å². The van der Waals surface area contributed by atoms with E-state index in [1.54, 1.807) is 19.1 Å². The van der Waals surface area contributed by atoms with E-state index in [-0.39, 0.29) is 5.75 Å². The molecule has 130 valence electrons. The Hall–Kier alpha value is -1.82. The number of aryl methyl sites for hydroxylation is 1. The van der Waals surface area contributed by atoms with E-state index >= 15 is 0 Å². The number of benzene rings is 1. The average Bonchev–Trinajstić information content (AvgIpc) is 3.00. The molecule has 1 aromatic carbocycles. The Morgan fingerprint density at radius 1 is 1.21 bits per heavy atom. The number of sulfone groups is 1. The fourth-order valence-corrected chi connectivity index (χ4v) is 4.48. The van der Waals surface area contributed by atoms with Gasteiger partial charge < -0.3 is 9.47 Å². The minimum absolute atomic E-state index is 0.139. The van der Waals surface area contributed by atoms with Crippen molar-refractivity contribution in [1.82, 2.24) is 9.55 Å². The summed E-state index contributed by atoms with van der Waals surface area (Å²) in [4.78, 5) is 7.10. The molecule has 1 aliphatic heterocycles. The lowest BCUT2D eigenvalue weighted by Crippen LogP contribution is -2.35. The number of nitrogens with zero attached hydrogens (tertiary/aromatic N) is 3. The molecule has 6 heteroatoms. The van der Waals surface area contributed by atoms with Gasteiger partial charge in [0.2, 0.25) is 0 Å². The van der Waals surface area contributed by atoms with Crippen molar-refractivity contribution >= 4 is 15.5 Å². The second kappa shape index (κ2) is 6.97. The highest BCUT2D eigenvalue weighted by molar-refractivity contribution is 7.91. The Balaban J connectivity index is 1.70. The molecule has 1 saturated heterocycles. The molecule has 1 aromatic heterocycles. The van der Waals surface area contributed by atoms with Gasteiger partial charge in [0.05, 0.1) is 16.3 Å². The molecule has 3 rings (SSSR count). The third-order valence-corrected chi connectivity index (χ3v) is 6.70. The molecule has 2 heterocycles. The van der Waals surface area contributed by atoms with E-state index in [0.29, 0.717) is 10.8 Å². The van der Waals surface area contributed by atoms with Crippen LogP contribution in [0.15, 0.2) is 41.6 Å². The van der Waals surface area contributed by atoms with Crippen molar-refractivity contribution in [3.05, 3.63) is 42.5 Å². The Bertz CT molecular complexity index is 790. The van der Waals surface area contributed by atoms with Crippen molar-refractivity contribution in [3.8, 4) is 0 Å². The molecule has 0 spiro atoms. The summed E-state index contributed by atoms with van der Waals surface area (Å²) in [6, 6.07) is 7.39. The number of imidazole rings is 1. The maximum absolute atomic E-state index is 12.3. The van der Waals surface area contributed by atoms with Gasteiger partial charge in [-0.25, -0.2) is 13.4 Å². The van der Waals surface area contributed by atoms with E-state index in [9.17, 15) is 8.42 Å². The van der Waals surface area contributed by atoms with Crippen LogP contribution in [0.2, 0.25) is 0 Å². The predicted molar refractivity (Wildman–Crippen MR) is 96.0 cm³/mol. The molecular formula is C18H25N3O2S. The zero-order valence-corrected chi connectivity index (χ0v) is 15.2. The highest BCUT2D eigenvalue weighted by atomic mass is 32.2. The van der Waals surface area contributed by atoms with E-state index in [4.69, 9.17) is 0 Å². The standard InChI is InChI=1S/C18H25N3O2S/c1-3-24(22,23)17-7-5-4-6-16(17)21-11-8-15(9-12-21)14-18-19-10-13-20(18)2/h4-7,10,13,15H,3,8-9,11-12,14H2,1-2H3. The summed E-state index contributed by atoms with van der Waals surface area (Å²) in [5.74, 6) is 1.87. The fourth-order valence-electron chi connectivity index (χ4n) is 3.37. The lowest BCUT2D eigenvalue weighted by molar-refractivity contribution is 0.393. The number of rotatable bonds is 5. The normalized spacial score (nSPS) is 16.5. The van der Waals surface area contributed by atoms with Crippen molar-refractivity contribution < 1.29 is 8.42 Å². The van der Waals surface area contributed by atoms with E-state index < -0.39 is 9.84 Å². The SMILES string of the molecule is CCS(=O)(=O)c1ccccc1N1CCC(Cc2nccn2C)CC1. The summed E-state index contributed by atoms with van der Waals surface area (Å²) in [6.07, 6.45) is 6.94. The van der Waals surface area contributed by atoms with Gasteiger partial charge in [0.15, 0.2) is 9.84 Å². The molecule has 0 atom stereocenters. The predicted octanol–water partition coefficient (Wildman–Crippen LogP) is 2.67. The van der Waals surface area contributed by atoms with Crippen LogP contribution >= 0.6 is 0 Å². The van der Waals surface area contributed by atoms with Crippen LogP contribution in [0.25, 0.3) is 0 Å². The lowest BCUT2D eigenvalue weighted by Gasteiger charge is -2.34. The summed E-state index contributed by atoms with van der Waals surface area (Å²) in [7, 11) is -1.16. The van der Waals surface area contributed by atoms with Gasteiger partial charge in [-0.05, 0) is 30.9 Å². The van der Waals surface area contributed by atoms with Gasteiger partial charge in [0, 0.05) is 39.0 Å². The molecule has 0 radical (unpaired) electrons. The van der Waals surface area contributed by atoms with Crippen LogP contribution in [-0.4, -0.2) is 36.8 Å². The Labute approximate surface area is 144 Å². The quantitative estimate of drug-likeness (QED) is 0.834. The Morgan fingerprint density at radius 2 is 1.92 bits per heavy atom. The Morgan fingerprint density at radius 3 is 2.54 bits per heavy atom. The van der Waals surface area contributed by atoms with Crippen LogP contribution in [0, 0.1) is 5.92 Å². The first-order chi connectivity index (χ1) is 11.5. The van der Waals surface area contributed by atoms with E-state index in [2.05, 4.69) is 14.5 Å². The Kier molecular flexibility index (Phi) is 4.94. The molecular weight excluding hydrogens is 322 g/mol. The van der Waals surface area contributed by atoms with Crippen molar-refractivity contribution in [2.75, 3.05) is 23.7 Å². The van der Waals surface area contributed by atoms with E-state index in [1.807, 2.05) is 31.6 Å². The van der Waals surface area contributed by atoms with Gasteiger partial charge in [-0.15, -0.1) is 0 Å². The van der Waals surface area contributed by atoms with Gasteiger partial charge in [-0.2, -0.15) is 0 Å². The minimum atomic E-state index is -3.19. The molecule has 0 unspecified atom stereocenters. The van der Waals surface area contributed by atoms with Gasteiger partial charge in [0.1, 0.15) is 5.82 Å². The number of aromatic nitrogens is 2. The first-order valence-corrected chi connectivity index (χ1v) is 10.2. The van der Waals surface area contributed by atoms with Crippen LogP contribution in [0.4, 0.5) is 5.69 Å². The fraction of sp³-hybridized carbons (Fsp3) is 0.500. The summed E-state index contributed by atoms with van der Waals surface area (Å²) < 4.78 is 26.8. The van der Waals surface area contributed by atoms with Crippen molar-refractivity contribution in [3.63, 3.8) is 0 Å². The minimum Gasteiger partial charge on any atom is -0.370 e. The molecule has 0 amide bonds. The van der Waals surface area contributed by atoms with Crippen LogP contribution in [0.1, 0.15) is 25.6 Å². The van der Waals surface area contributed by atoms with Gasteiger partial charge >= 0.3 is 0 Å². The second-order valence-electron chi connectivity index (χ2n) is 6.46. The van der Waals surface area contributed by atoms with Crippen LogP contribution in [0.3, 0.4) is 0 Å². The number of para-hydroxylation sites is 1. The molecule has 1 fully saturated rings. The zero-order valence-electron chi connectivity index (χ0n) is 14.4. The number of piperidine rings is 1. The maximum atomic E-state index is 12.3. The third-order valence-electron chi connectivity index (χ3n) is 4.93. The summed E-state index contributed by atoms with van der Waals surface area (Å²) >= 11 is 0. The maximum Gasteiger partial charge on any atom is 0.180 e. The molecule has 5 nitrogen and oxygen atoms in total. The first-order valence-electron chi connectivity index (χ1n) is 8.54. The lowest BCUT2D eigenvalue weighted by atomic mass is 9.93. The van der Waals surface area contributed by atoms with Crippen molar-refractivity contribution in [1.29, 1.82) is 0 Å². The molecule has 0 aliphatic carbocycles. The van der Waals surface area contributed by atoms with Gasteiger partial charge in [-0.3, -0.25) is 0 Å². The van der Waals surface area contributed by atoms with Gasteiger partial charge in [-0.1, -0.05) is 19.1 Å². The summed E-state index contributed by atoms with van der Waals surface area (Å²) in [6.45, 7) is 3.49. The van der Waals surface area contributed by atoms with Crippen molar-refractivity contribution in [2.45, 2.75) is 31.1 Å². The monoisotopic (exact) mass is 347 g/mol. The third kappa shape index (κ3) is 3.48. The molecule has 0 bridgehead atoms. The highest BCUT2D eigenvalue weighted by Crippen LogP contribution is 2.30. The highest BCUT2D eigenvalue weighted by Gasteiger charge is 2.25. The van der Waals surface area contributed by atoms with E-state index in [0.717, 1.165) is 43.9 Å². The zero-order chi connectivity index (χ0) is 17.2. The smallest absolute Gasteiger partial charge is 0.180 e. The molecule has 24 heavy (non-hydrogen) atoms. The molecule has 1 aliphatic rings. The van der Waals surface area contributed by atoms with Crippen LogP contribution < -0.4 is 4.90 Å². The van der Waals surface area contributed by atoms with E-state index in [1.165, 1.54) is 0 Å². The number of hydrogen-bond acceptors (Lipinski definition) is 4. The number of anilines is 1. The largest absolute Gasteiger partial charge is 0.370 e. The van der Waals surface area contributed by atoms with Crippen LogP contribution in [-0.2, 0) is 23.3 Å². The number of hydrogen-bond donors (Lipinski definition) is 0. The summed E-state index contributed by atoms with van der Waals surface area (Å²) in [5, 5.41) is 0. The molecule has 2 aromatic rings. The summed E-state index contributed by atoms with van der Waals surface area (Å²) in [5.41, 5.74) is 0.856. The molecule has 0 saturated carbocycles. The average molecular weight is 347 g/mol. The second-order valence-corrected chi connectivity index (χ2v) is 8.71. The topological polar surface area (TPSA) is 55.2 Å². The first kappa shape index (κ1) is 17.0. The molecule has 0 N–H and O–H groups in total. The van der Waals surface area contributed by atoms with Gasteiger partial charge in [0.25, 0.3) is 0 Å². The van der Waals surface area contributed by atoms with Crippen LogP contribution in [0.5, 0.6) is 0 Å².